The maximum Gasteiger partial charge on any atom is 0.122 e. The van der Waals surface area contributed by atoms with Crippen LogP contribution in [-0.2, 0) is 0 Å². The van der Waals surface area contributed by atoms with Crippen LogP contribution in [-0.4, -0.2) is 13.2 Å². The number of ether oxygens (including phenoxy) is 1. The first kappa shape index (κ1) is 15.4. The van der Waals surface area contributed by atoms with E-state index in [1.54, 1.807) is 0 Å². The molecule has 0 heterocycles. The first-order valence-electron chi connectivity index (χ1n) is 7.94. The van der Waals surface area contributed by atoms with Gasteiger partial charge in [-0.05, 0) is 69.2 Å². The van der Waals surface area contributed by atoms with Crippen LogP contribution in [0.3, 0.4) is 0 Å². The SMILES string of the molecule is CNC(C)c1ccc(OC2CC(C)CC(C)C2)c(C)c1. The third-order valence-corrected chi connectivity index (χ3v) is 4.56. The summed E-state index contributed by atoms with van der Waals surface area (Å²) in [5.41, 5.74) is 2.57. The second-order valence-corrected chi connectivity index (χ2v) is 6.69. The van der Waals surface area contributed by atoms with E-state index in [0.29, 0.717) is 12.1 Å². The molecule has 1 aromatic rings. The van der Waals surface area contributed by atoms with Gasteiger partial charge in [0, 0.05) is 6.04 Å². The van der Waals surface area contributed by atoms with E-state index in [1.165, 1.54) is 30.4 Å². The maximum atomic E-state index is 6.27. The van der Waals surface area contributed by atoms with Crippen molar-refractivity contribution in [3.05, 3.63) is 29.3 Å². The topological polar surface area (TPSA) is 21.3 Å². The number of hydrogen-bond acceptors (Lipinski definition) is 2. The average molecular weight is 275 g/mol. The van der Waals surface area contributed by atoms with Crippen LogP contribution in [0.2, 0.25) is 0 Å². The standard InChI is InChI=1S/C18H29NO/c1-12-8-13(2)10-17(9-12)20-18-7-6-16(11-14(18)3)15(4)19-5/h6-7,11-13,15,17,19H,8-10H2,1-5H3. The number of rotatable bonds is 4. The highest BCUT2D eigenvalue weighted by Crippen LogP contribution is 2.32. The highest BCUT2D eigenvalue weighted by Gasteiger charge is 2.25. The Hall–Kier alpha value is -1.02. The zero-order valence-electron chi connectivity index (χ0n) is 13.6. The lowest BCUT2D eigenvalue weighted by molar-refractivity contribution is 0.100. The van der Waals surface area contributed by atoms with Gasteiger partial charge in [0.25, 0.3) is 0 Å². The van der Waals surface area contributed by atoms with Gasteiger partial charge >= 0.3 is 0 Å². The highest BCUT2D eigenvalue weighted by atomic mass is 16.5. The van der Waals surface area contributed by atoms with Gasteiger partial charge in [0.1, 0.15) is 5.75 Å². The molecule has 1 N–H and O–H groups in total. The molecule has 0 amide bonds. The van der Waals surface area contributed by atoms with Crippen molar-refractivity contribution in [1.82, 2.24) is 5.32 Å². The number of hydrogen-bond donors (Lipinski definition) is 1. The summed E-state index contributed by atoms with van der Waals surface area (Å²) in [6, 6.07) is 6.95. The van der Waals surface area contributed by atoms with E-state index in [2.05, 4.69) is 51.2 Å². The lowest BCUT2D eigenvalue weighted by atomic mass is 9.82. The summed E-state index contributed by atoms with van der Waals surface area (Å²) in [6.07, 6.45) is 4.12. The summed E-state index contributed by atoms with van der Waals surface area (Å²) in [6.45, 7) is 9.02. The van der Waals surface area contributed by atoms with E-state index < -0.39 is 0 Å². The third kappa shape index (κ3) is 3.76. The fourth-order valence-corrected chi connectivity index (χ4v) is 3.39. The van der Waals surface area contributed by atoms with E-state index >= 15 is 0 Å². The Morgan fingerprint density at radius 2 is 1.80 bits per heavy atom. The first-order chi connectivity index (χ1) is 9.49. The monoisotopic (exact) mass is 275 g/mol. The molecule has 1 aromatic carbocycles. The van der Waals surface area contributed by atoms with Crippen molar-refractivity contribution in [2.24, 2.45) is 11.8 Å². The molecule has 3 atom stereocenters. The van der Waals surface area contributed by atoms with E-state index in [1.807, 2.05) is 7.05 Å². The Bertz CT molecular complexity index is 433. The van der Waals surface area contributed by atoms with Gasteiger partial charge in [-0.15, -0.1) is 0 Å². The van der Waals surface area contributed by atoms with E-state index in [9.17, 15) is 0 Å². The highest BCUT2D eigenvalue weighted by molar-refractivity contribution is 5.37. The van der Waals surface area contributed by atoms with Crippen LogP contribution in [0.5, 0.6) is 5.75 Å². The molecule has 20 heavy (non-hydrogen) atoms. The van der Waals surface area contributed by atoms with Gasteiger partial charge in [0.15, 0.2) is 0 Å². The summed E-state index contributed by atoms with van der Waals surface area (Å²) >= 11 is 0. The van der Waals surface area contributed by atoms with Crippen LogP contribution in [0.15, 0.2) is 18.2 Å². The fourth-order valence-electron chi connectivity index (χ4n) is 3.39. The Kier molecular flexibility index (Phi) is 5.09. The molecule has 1 aliphatic rings. The third-order valence-electron chi connectivity index (χ3n) is 4.56. The minimum atomic E-state index is 0.387. The van der Waals surface area contributed by atoms with Crippen molar-refractivity contribution < 1.29 is 4.74 Å². The number of aryl methyl sites for hydroxylation is 1. The van der Waals surface area contributed by atoms with Crippen molar-refractivity contribution >= 4 is 0 Å². The van der Waals surface area contributed by atoms with E-state index in [4.69, 9.17) is 4.74 Å². The number of nitrogens with one attached hydrogen (secondary N) is 1. The van der Waals surface area contributed by atoms with Crippen molar-refractivity contribution in [3.8, 4) is 5.75 Å². The Morgan fingerprint density at radius 1 is 1.15 bits per heavy atom. The van der Waals surface area contributed by atoms with Crippen LogP contribution < -0.4 is 10.1 Å². The van der Waals surface area contributed by atoms with Crippen LogP contribution >= 0.6 is 0 Å². The van der Waals surface area contributed by atoms with Crippen molar-refractivity contribution in [2.45, 2.75) is 59.1 Å². The quantitative estimate of drug-likeness (QED) is 0.875. The Labute approximate surface area is 123 Å². The Balaban J connectivity index is 2.06. The van der Waals surface area contributed by atoms with Crippen molar-refractivity contribution in [3.63, 3.8) is 0 Å². The van der Waals surface area contributed by atoms with Crippen molar-refractivity contribution in [2.75, 3.05) is 7.05 Å². The molecule has 1 saturated carbocycles. The largest absolute Gasteiger partial charge is 0.490 e. The molecular formula is C18H29NO. The molecule has 0 saturated heterocycles. The smallest absolute Gasteiger partial charge is 0.122 e. The molecule has 1 fully saturated rings. The normalized spacial score (nSPS) is 28.1. The van der Waals surface area contributed by atoms with Gasteiger partial charge in [-0.2, -0.15) is 0 Å². The number of benzene rings is 1. The molecule has 0 aromatic heterocycles. The maximum absolute atomic E-state index is 6.27. The molecular weight excluding hydrogens is 246 g/mol. The zero-order chi connectivity index (χ0) is 14.7. The van der Waals surface area contributed by atoms with Crippen LogP contribution in [0.25, 0.3) is 0 Å². The van der Waals surface area contributed by atoms with E-state index in [0.717, 1.165) is 17.6 Å². The average Bonchev–Trinajstić information content (AvgIpc) is 2.39. The first-order valence-corrected chi connectivity index (χ1v) is 7.94. The predicted octanol–water partition coefficient (Wildman–Crippen LogP) is 4.48. The lowest BCUT2D eigenvalue weighted by Gasteiger charge is -2.32. The zero-order valence-corrected chi connectivity index (χ0v) is 13.6. The molecule has 0 aliphatic heterocycles. The van der Waals surface area contributed by atoms with Crippen molar-refractivity contribution in [1.29, 1.82) is 0 Å². The Morgan fingerprint density at radius 3 is 2.35 bits per heavy atom. The molecule has 3 unspecified atom stereocenters. The minimum absolute atomic E-state index is 0.387. The summed E-state index contributed by atoms with van der Waals surface area (Å²) in [4.78, 5) is 0. The molecule has 112 valence electrons. The molecule has 2 heteroatoms. The fraction of sp³-hybridized carbons (Fsp3) is 0.667. The van der Waals surface area contributed by atoms with Gasteiger partial charge in [-0.3, -0.25) is 0 Å². The summed E-state index contributed by atoms with van der Waals surface area (Å²) < 4.78 is 6.27. The van der Waals surface area contributed by atoms with Gasteiger partial charge in [-0.25, -0.2) is 0 Å². The summed E-state index contributed by atoms with van der Waals surface area (Å²) in [5.74, 6) is 2.63. The second kappa shape index (κ2) is 6.62. The van der Waals surface area contributed by atoms with Gasteiger partial charge in [0.05, 0.1) is 6.10 Å². The lowest BCUT2D eigenvalue weighted by Crippen LogP contribution is -2.28. The van der Waals surface area contributed by atoms with Gasteiger partial charge < -0.3 is 10.1 Å². The van der Waals surface area contributed by atoms with Crippen LogP contribution in [0.1, 0.15) is 57.2 Å². The van der Waals surface area contributed by atoms with E-state index in [-0.39, 0.29) is 0 Å². The molecule has 2 rings (SSSR count). The minimum Gasteiger partial charge on any atom is -0.490 e. The predicted molar refractivity (Wildman–Crippen MR) is 85.2 cm³/mol. The molecule has 1 aliphatic carbocycles. The van der Waals surface area contributed by atoms with Crippen LogP contribution in [0, 0.1) is 18.8 Å². The van der Waals surface area contributed by atoms with Crippen LogP contribution in [0.4, 0.5) is 0 Å². The summed E-state index contributed by atoms with van der Waals surface area (Å²) in [5, 5.41) is 3.28. The van der Waals surface area contributed by atoms with Gasteiger partial charge in [0.2, 0.25) is 0 Å². The molecule has 0 spiro atoms. The second-order valence-electron chi connectivity index (χ2n) is 6.69. The molecule has 0 radical (unpaired) electrons. The molecule has 0 bridgehead atoms. The van der Waals surface area contributed by atoms with Gasteiger partial charge in [-0.1, -0.05) is 26.0 Å². The molecule has 2 nitrogen and oxygen atoms in total. The summed E-state index contributed by atoms with van der Waals surface area (Å²) in [7, 11) is 2.00.